The van der Waals surface area contributed by atoms with Crippen LogP contribution in [0.5, 0.6) is 0 Å². The summed E-state index contributed by atoms with van der Waals surface area (Å²) in [5.74, 6) is 0. The predicted molar refractivity (Wildman–Crippen MR) is 74.4 cm³/mol. The molecule has 0 aliphatic carbocycles. The van der Waals surface area contributed by atoms with Crippen molar-refractivity contribution >= 4 is 0 Å². The number of hydrogen-bond acceptors (Lipinski definition) is 1. The third-order valence-electron chi connectivity index (χ3n) is 2.27. The van der Waals surface area contributed by atoms with Crippen LogP contribution in [-0.4, -0.2) is 6.54 Å². The predicted octanol–water partition coefficient (Wildman–Crippen LogP) is 4.36. The standard InChI is InChI=1S/C15H25N/c1-6-8-9-14(5)16-12-15(7-2)11-10-13(3)4/h7,10-11,16H,2,5-6,8-9,12H2,1,3-4H3/b15-11+. The number of unbranched alkanes of at least 4 members (excludes halogenated alkanes) is 1. The minimum Gasteiger partial charge on any atom is -0.385 e. The van der Waals surface area contributed by atoms with E-state index >= 15 is 0 Å². The summed E-state index contributed by atoms with van der Waals surface area (Å²) < 4.78 is 0. The van der Waals surface area contributed by atoms with Crippen LogP contribution in [0.3, 0.4) is 0 Å². The average Bonchev–Trinajstić information content (AvgIpc) is 2.26. The maximum atomic E-state index is 4.01. The number of nitrogens with one attached hydrogen (secondary N) is 1. The van der Waals surface area contributed by atoms with Gasteiger partial charge in [0.25, 0.3) is 0 Å². The van der Waals surface area contributed by atoms with Crippen molar-refractivity contribution in [1.29, 1.82) is 0 Å². The van der Waals surface area contributed by atoms with Gasteiger partial charge in [-0.3, -0.25) is 0 Å². The van der Waals surface area contributed by atoms with Crippen LogP contribution in [0.25, 0.3) is 0 Å². The molecule has 0 aromatic rings. The van der Waals surface area contributed by atoms with Crippen molar-refractivity contribution in [2.24, 2.45) is 0 Å². The summed E-state index contributed by atoms with van der Waals surface area (Å²) in [5, 5.41) is 3.33. The Hall–Kier alpha value is -1.24. The fourth-order valence-electron chi connectivity index (χ4n) is 1.18. The molecule has 0 atom stereocenters. The molecule has 16 heavy (non-hydrogen) atoms. The van der Waals surface area contributed by atoms with Gasteiger partial charge < -0.3 is 5.32 Å². The lowest BCUT2D eigenvalue weighted by Gasteiger charge is -2.09. The normalized spacial score (nSPS) is 10.8. The third kappa shape index (κ3) is 8.10. The number of allylic oxidation sites excluding steroid dienone is 4. The zero-order chi connectivity index (χ0) is 12.4. The quantitative estimate of drug-likeness (QED) is 0.598. The van der Waals surface area contributed by atoms with Crippen LogP contribution >= 0.6 is 0 Å². The highest BCUT2D eigenvalue weighted by molar-refractivity contribution is 5.25. The summed E-state index contributed by atoms with van der Waals surface area (Å²) in [5.41, 5.74) is 3.61. The summed E-state index contributed by atoms with van der Waals surface area (Å²) in [6.07, 6.45) is 9.56. The van der Waals surface area contributed by atoms with Crippen molar-refractivity contribution in [3.63, 3.8) is 0 Å². The topological polar surface area (TPSA) is 12.0 Å². The Balaban J connectivity index is 4.05. The second-order valence-electron chi connectivity index (χ2n) is 4.25. The summed E-state index contributed by atoms with van der Waals surface area (Å²) in [7, 11) is 0. The number of rotatable bonds is 8. The van der Waals surface area contributed by atoms with Gasteiger partial charge in [0.05, 0.1) is 0 Å². The Kier molecular flexibility index (Phi) is 8.32. The monoisotopic (exact) mass is 219 g/mol. The van der Waals surface area contributed by atoms with Crippen LogP contribution < -0.4 is 5.32 Å². The van der Waals surface area contributed by atoms with Gasteiger partial charge in [-0.2, -0.15) is 0 Å². The molecule has 0 aliphatic heterocycles. The van der Waals surface area contributed by atoms with Gasteiger partial charge in [0.15, 0.2) is 0 Å². The van der Waals surface area contributed by atoms with E-state index in [2.05, 4.69) is 51.4 Å². The molecule has 90 valence electrons. The SMILES string of the molecule is C=C/C(=C\C=C(C)C)CNC(=C)CCCC. The highest BCUT2D eigenvalue weighted by atomic mass is 14.9. The summed E-state index contributed by atoms with van der Waals surface area (Å²) in [6, 6.07) is 0. The van der Waals surface area contributed by atoms with Crippen molar-refractivity contribution in [3.8, 4) is 0 Å². The zero-order valence-corrected chi connectivity index (χ0v) is 11.0. The van der Waals surface area contributed by atoms with Gasteiger partial charge in [-0.15, -0.1) is 0 Å². The summed E-state index contributed by atoms with van der Waals surface area (Å²) in [6.45, 7) is 15.0. The molecule has 0 amide bonds. The maximum absolute atomic E-state index is 4.01. The lowest BCUT2D eigenvalue weighted by atomic mass is 10.2. The van der Waals surface area contributed by atoms with E-state index in [1.54, 1.807) is 0 Å². The lowest BCUT2D eigenvalue weighted by Crippen LogP contribution is -2.15. The highest BCUT2D eigenvalue weighted by Crippen LogP contribution is 2.03. The van der Waals surface area contributed by atoms with Gasteiger partial charge in [-0.05, 0) is 32.3 Å². The first kappa shape index (κ1) is 14.8. The van der Waals surface area contributed by atoms with Gasteiger partial charge in [0, 0.05) is 12.2 Å². The minimum atomic E-state index is 0.815. The Morgan fingerprint density at radius 2 is 1.94 bits per heavy atom. The van der Waals surface area contributed by atoms with Crippen LogP contribution in [0.1, 0.15) is 40.0 Å². The van der Waals surface area contributed by atoms with Crippen LogP contribution in [0.15, 0.2) is 48.2 Å². The maximum Gasteiger partial charge on any atom is 0.0397 e. The molecule has 0 heterocycles. The lowest BCUT2D eigenvalue weighted by molar-refractivity contribution is 0.727. The Bertz CT molecular complexity index is 278. The molecule has 1 heteroatoms. The van der Waals surface area contributed by atoms with E-state index in [0.29, 0.717) is 0 Å². The molecular weight excluding hydrogens is 194 g/mol. The second-order valence-corrected chi connectivity index (χ2v) is 4.25. The molecule has 0 aliphatic rings. The molecule has 0 fully saturated rings. The van der Waals surface area contributed by atoms with Gasteiger partial charge in [0.2, 0.25) is 0 Å². The first-order valence-electron chi connectivity index (χ1n) is 5.98. The molecule has 1 nitrogen and oxygen atoms in total. The van der Waals surface area contributed by atoms with Crippen molar-refractivity contribution in [3.05, 3.63) is 48.2 Å². The smallest absolute Gasteiger partial charge is 0.0397 e. The van der Waals surface area contributed by atoms with Crippen LogP contribution in [0.4, 0.5) is 0 Å². The van der Waals surface area contributed by atoms with Crippen molar-refractivity contribution in [2.45, 2.75) is 40.0 Å². The van der Waals surface area contributed by atoms with E-state index in [-0.39, 0.29) is 0 Å². The largest absolute Gasteiger partial charge is 0.385 e. The van der Waals surface area contributed by atoms with E-state index in [1.165, 1.54) is 24.0 Å². The van der Waals surface area contributed by atoms with E-state index in [4.69, 9.17) is 0 Å². The van der Waals surface area contributed by atoms with Crippen molar-refractivity contribution < 1.29 is 0 Å². The zero-order valence-electron chi connectivity index (χ0n) is 11.0. The third-order valence-corrected chi connectivity index (χ3v) is 2.27. The van der Waals surface area contributed by atoms with Crippen molar-refractivity contribution in [2.75, 3.05) is 6.54 Å². The van der Waals surface area contributed by atoms with E-state index < -0.39 is 0 Å². The molecule has 0 saturated heterocycles. The highest BCUT2D eigenvalue weighted by Gasteiger charge is 1.94. The van der Waals surface area contributed by atoms with E-state index in [1.807, 2.05) is 6.08 Å². The number of hydrogen-bond donors (Lipinski definition) is 1. The van der Waals surface area contributed by atoms with Crippen LogP contribution in [0.2, 0.25) is 0 Å². The van der Waals surface area contributed by atoms with Crippen LogP contribution in [-0.2, 0) is 0 Å². The average molecular weight is 219 g/mol. The molecule has 0 bridgehead atoms. The molecular formula is C15H25N. The van der Waals surface area contributed by atoms with Crippen LogP contribution in [0, 0.1) is 0 Å². The fraction of sp³-hybridized carbons (Fsp3) is 0.467. The van der Waals surface area contributed by atoms with Gasteiger partial charge in [-0.1, -0.05) is 50.3 Å². The van der Waals surface area contributed by atoms with E-state index in [0.717, 1.165) is 18.7 Å². The minimum absolute atomic E-state index is 0.815. The molecule has 0 spiro atoms. The molecule has 0 aromatic heterocycles. The van der Waals surface area contributed by atoms with Gasteiger partial charge in [0.1, 0.15) is 0 Å². The van der Waals surface area contributed by atoms with Gasteiger partial charge in [-0.25, -0.2) is 0 Å². The summed E-state index contributed by atoms with van der Waals surface area (Å²) >= 11 is 0. The molecule has 0 radical (unpaired) electrons. The Morgan fingerprint density at radius 3 is 2.44 bits per heavy atom. The van der Waals surface area contributed by atoms with Crippen molar-refractivity contribution in [1.82, 2.24) is 5.32 Å². The van der Waals surface area contributed by atoms with Gasteiger partial charge >= 0.3 is 0 Å². The first-order valence-corrected chi connectivity index (χ1v) is 5.98. The Labute approximate surface area is 101 Å². The molecule has 1 N–H and O–H groups in total. The van der Waals surface area contributed by atoms with E-state index in [9.17, 15) is 0 Å². The first-order chi connectivity index (χ1) is 7.60. The summed E-state index contributed by atoms with van der Waals surface area (Å²) in [4.78, 5) is 0. The molecule has 0 saturated carbocycles. The molecule has 0 aromatic carbocycles. The second kappa shape index (κ2) is 9.02. The molecule has 0 rings (SSSR count). The fourth-order valence-corrected chi connectivity index (χ4v) is 1.18. The molecule has 0 unspecified atom stereocenters. The Morgan fingerprint density at radius 1 is 1.25 bits per heavy atom.